The summed E-state index contributed by atoms with van der Waals surface area (Å²) in [4.78, 5) is 10.5. The smallest absolute Gasteiger partial charge is 0.318 e. The molecule has 0 saturated heterocycles. The molecule has 1 unspecified atom stereocenters. The summed E-state index contributed by atoms with van der Waals surface area (Å²) in [5.41, 5.74) is 0. The van der Waals surface area contributed by atoms with Gasteiger partial charge in [-0.2, -0.15) is 9.57 Å². The molecule has 0 spiro atoms. The molecule has 0 saturated carbocycles. The fraction of sp³-hybridized carbons (Fsp3) is 0.556. The number of hydrogen-bond acceptors (Lipinski definition) is 4. The van der Waals surface area contributed by atoms with Crippen LogP contribution in [0.3, 0.4) is 0 Å². The lowest BCUT2D eigenvalue weighted by atomic mass is 10.4. The van der Waals surface area contributed by atoms with Gasteiger partial charge in [-0.1, -0.05) is 13.0 Å². The van der Waals surface area contributed by atoms with Crippen molar-refractivity contribution in [3.05, 3.63) is 12.7 Å². The zero-order chi connectivity index (χ0) is 12.8. The van der Waals surface area contributed by atoms with Crippen LogP contribution in [0.5, 0.6) is 0 Å². The summed E-state index contributed by atoms with van der Waals surface area (Å²) in [5.74, 6) is -1.27. The van der Waals surface area contributed by atoms with Crippen LogP contribution in [-0.2, 0) is 14.8 Å². The molecule has 6 nitrogen and oxygen atoms in total. The number of carbonyl (C=O) groups is 1. The molecule has 90 valence electrons. The van der Waals surface area contributed by atoms with E-state index < -0.39 is 27.8 Å². The van der Waals surface area contributed by atoms with E-state index in [9.17, 15) is 13.2 Å². The van der Waals surface area contributed by atoms with Crippen LogP contribution in [-0.4, -0.2) is 42.1 Å². The normalized spacial score (nSPS) is 13.1. The Labute approximate surface area is 94.8 Å². The molecule has 16 heavy (non-hydrogen) atoms. The minimum absolute atomic E-state index is 0.117. The molecule has 7 heteroatoms. The molecular formula is C9H14N2O4S. The molecule has 1 atom stereocenters. The molecule has 0 aliphatic rings. The van der Waals surface area contributed by atoms with Crippen LogP contribution in [0.15, 0.2) is 12.7 Å². The molecular weight excluding hydrogens is 232 g/mol. The third-order valence-corrected chi connectivity index (χ3v) is 4.03. The van der Waals surface area contributed by atoms with Crippen molar-refractivity contribution in [2.24, 2.45) is 0 Å². The van der Waals surface area contributed by atoms with Gasteiger partial charge in [-0.05, 0) is 6.42 Å². The number of rotatable bonds is 7. The van der Waals surface area contributed by atoms with Gasteiger partial charge in [0.25, 0.3) is 0 Å². The zero-order valence-corrected chi connectivity index (χ0v) is 9.77. The Hall–Kier alpha value is -1.39. The van der Waals surface area contributed by atoms with Crippen molar-refractivity contribution in [3.8, 4) is 6.07 Å². The van der Waals surface area contributed by atoms with Crippen molar-refractivity contribution in [2.75, 3.05) is 13.1 Å². The van der Waals surface area contributed by atoms with Gasteiger partial charge in [0, 0.05) is 6.54 Å². The number of carboxylic acids is 1. The largest absolute Gasteiger partial charge is 0.480 e. The van der Waals surface area contributed by atoms with Crippen molar-refractivity contribution in [2.45, 2.75) is 18.6 Å². The summed E-state index contributed by atoms with van der Waals surface area (Å²) in [5, 5.41) is 16.0. The van der Waals surface area contributed by atoms with E-state index in [0.717, 1.165) is 4.31 Å². The molecule has 0 rings (SSSR count). The van der Waals surface area contributed by atoms with Gasteiger partial charge in [0.2, 0.25) is 10.0 Å². The standard InChI is InChI=1S/C9H14N2O4S/c1-3-5-11(7-9(12)13)16(14,15)8(4-2)6-10/h3,8H,1,4-5,7H2,2H3,(H,12,13). The first-order chi connectivity index (χ1) is 7.39. The van der Waals surface area contributed by atoms with Crippen LogP contribution in [0.4, 0.5) is 0 Å². The SMILES string of the molecule is C=CCN(CC(=O)O)S(=O)(=O)C(C#N)CC. The maximum absolute atomic E-state index is 11.8. The predicted molar refractivity (Wildman–Crippen MR) is 58.0 cm³/mol. The number of sulfonamides is 1. The Morgan fingerprint density at radius 1 is 1.69 bits per heavy atom. The average Bonchev–Trinajstić information content (AvgIpc) is 2.18. The minimum atomic E-state index is -3.90. The fourth-order valence-corrected chi connectivity index (χ4v) is 2.62. The van der Waals surface area contributed by atoms with Crippen molar-refractivity contribution >= 4 is 16.0 Å². The van der Waals surface area contributed by atoms with Gasteiger partial charge in [-0.25, -0.2) is 8.42 Å². The maximum atomic E-state index is 11.8. The number of carboxylic acid groups (broad SMARTS) is 1. The Bertz CT molecular complexity index is 396. The highest BCUT2D eigenvalue weighted by molar-refractivity contribution is 7.90. The minimum Gasteiger partial charge on any atom is -0.480 e. The third kappa shape index (κ3) is 3.64. The molecule has 1 N–H and O–H groups in total. The second-order valence-electron chi connectivity index (χ2n) is 3.05. The number of aliphatic carboxylic acids is 1. The number of hydrogen-bond donors (Lipinski definition) is 1. The molecule has 0 fully saturated rings. The molecule has 0 amide bonds. The summed E-state index contributed by atoms with van der Waals surface area (Å²) in [7, 11) is -3.90. The molecule has 0 bridgehead atoms. The molecule has 0 aromatic rings. The Kier molecular flexibility index (Phi) is 5.71. The van der Waals surface area contributed by atoms with Crippen molar-refractivity contribution < 1.29 is 18.3 Å². The van der Waals surface area contributed by atoms with E-state index in [1.165, 1.54) is 6.08 Å². The lowest BCUT2D eigenvalue weighted by molar-refractivity contribution is -0.137. The molecule has 0 aromatic carbocycles. The van der Waals surface area contributed by atoms with Gasteiger partial charge in [0.1, 0.15) is 6.54 Å². The zero-order valence-electron chi connectivity index (χ0n) is 8.96. The van der Waals surface area contributed by atoms with Crippen LogP contribution in [0.25, 0.3) is 0 Å². The van der Waals surface area contributed by atoms with Gasteiger partial charge in [-0.15, -0.1) is 6.58 Å². The molecule has 0 aromatic heterocycles. The average molecular weight is 246 g/mol. The topological polar surface area (TPSA) is 98.5 Å². The van der Waals surface area contributed by atoms with Gasteiger partial charge in [-0.3, -0.25) is 4.79 Å². The van der Waals surface area contributed by atoms with E-state index in [-0.39, 0.29) is 13.0 Å². The van der Waals surface area contributed by atoms with E-state index in [2.05, 4.69) is 6.58 Å². The van der Waals surface area contributed by atoms with Crippen LogP contribution < -0.4 is 0 Å². The number of nitrogens with zero attached hydrogens (tertiary/aromatic N) is 2. The first-order valence-electron chi connectivity index (χ1n) is 4.61. The monoisotopic (exact) mass is 246 g/mol. The Balaban J connectivity index is 5.11. The van der Waals surface area contributed by atoms with Crippen LogP contribution in [0.2, 0.25) is 0 Å². The lowest BCUT2D eigenvalue weighted by Crippen LogP contribution is -2.41. The summed E-state index contributed by atoms with van der Waals surface area (Å²) in [6.45, 7) is 4.13. The van der Waals surface area contributed by atoms with E-state index in [1.807, 2.05) is 0 Å². The van der Waals surface area contributed by atoms with Crippen LogP contribution in [0.1, 0.15) is 13.3 Å². The van der Waals surface area contributed by atoms with E-state index in [4.69, 9.17) is 10.4 Å². The van der Waals surface area contributed by atoms with E-state index >= 15 is 0 Å². The highest BCUT2D eigenvalue weighted by atomic mass is 32.2. The first-order valence-corrected chi connectivity index (χ1v) is 6.11. The Morgan fingerprint density at radius 3 is 2.56 bits per heavy atom. The van der Waals surface area contributed by atoms with Crippen LogP contribution >= 0.6 is 0 Å². The summed E-state index contributed by atoms with van der Waals surface area (Å²) >= 11 is 0. The summed E-state index contributed by atoms with van der Waals surface area (Å²) in [6, 6.07) is 1.65. The van der Waals surface area contributed by atoms with Gasteiger partial charge < -0.3 is 5.11 Å². The van der Waals surface area contributed by atoms with Crippen molar-refractivity contribution in [1.29, 1.82) is 5.26 Å². The Morgan fingerprint density at radius 2 is 2.25 bits per heavy atom. The molecule has 0 aliphatic carbocycles. The third-order valence-electron chi connectivity index (χ3n) is 1.88. The molecule has 0 radical (unpaired) electrons. The van der Waals surface area contributed by atoms with E-state index in [1.54, 1.807) is 13.0 Å². The fourth-order valence-electron chi connectivity index (χ4n) is 1.10. The predicted octanol–water partition coefficient (Wildman–Crippen LogP) is 0.191. The molecule has 0 aliphatic heterocycles. The second-order valence-corrected chi connectivity index (χ2v) is 5.16. The molecule has 0 heterocycles. The highest BCUT2D eigenvalue weighted by Gasteiger charge is 2.31. The van der Waals surface area contributed by atoms with Gasteiger partial charge in [0.05, 0.1) is 6.07 Å². The second kappa shape index (κ2) is 6.25. The van der Waals surface area contributed by atoms with Gasteiger partial charge in [0.15, 0.2) is 5.25 Å². The van der Waals surface area contributed by atoms with Crippen molar-refractivity contribution in [1.82, 2.24) is 4.31 Å². The highest BCUT2D eigenvalue weighted by Crippen LogP contribution is 2.11. The van der Waals surface area contributed by atoms with E-state index in [0.29, 0.717) is 0 Å². The van der Waals surface area contributed by atoms with Crippen molar-refractivity contribution in [3.63, 3.8) is 0 Å². The van der Waals surface area contributed by atoms with Gasteiger partial charge >= 0.3 is 5.97 Å². The lowest BCUT2D eigenvalue weighted by Gasteiger charge is -2.20. The summed E-state index contributed by atoms with van der Waals surface area (Å²) in [6.07, 6.45) is 1.40. The number of nitriles is 1. The quantitative estimate of drug-likeness (QED) is 0.646. The van der Waals surface area contributed by atoms with Crippen LogP contribution in [0, 0.1) is 11.3 Å². The summed E-state index contributed by atoms with van der Waals surface area (Å²) < 4.78 is 24.4. The first kappa shape index (κ1) is 14.6. The maximum Gasteiger partial charge on any atom is 0.318 e.